The smallest absolute Gasteiger partial charge is 0.254 e. The lowest BCUT2D eigenvalue weighted by Crippen LogP contribution is -2.47. The Morgan fingerprint density at radius 1 is 0.926 bits per heavy atom. The van der Waals surface area contributed by atoms with Crippen LogP contribution in [0.5, 0.6) is 17.2 Å². The number of benzene rings is 2. The Morgan fingerprint density at radius 3 is 2.26 bits per heavy atom. The van der Waals surface area contributed by atoms with Gasteiger partial charge in [0, 0.05) is 31.7 Å². The van der Waals surface area contributed by atoms with E-state index in [-0.39, 0.29) is 5.91 Å². The molecule has 0 atom stereocenters. The molecule has 2 aromatic carbocycles. The summed E-state index contributed by atoms with van der Waals surface area (Å²) in [5, 5.41) is 0. The SMILES string of the molecule is COc1ccc(COc2ccc(C(=O)N3CCN(C)CC3)cc2OC)cc1. The van der Waals surface area contributed by atoms with Crippen molar-refractivity contribution in [2.24, 2.45) is 0 Å². The summed E-state index contributed by atoms with van der Waals surface area (Å²) in [6.45, 7) is 3.69. The second kappa shape index (κ2) is 8.77. The van der Waals surface area contributed by atoms with Gasteiger partial charge in [-0.25, -0.2) is 0 Å². The van der Waals surface area contributed by atoms with Gasteiger partial charge in [0.05, 0.1) is 14.2 Å². The van der Waals surface area contributed by atoms with Crippen molar-refractivity contribution in [1.82, 2.24) is 9.80 Å². The molecule has 0 N–H and O–H groups in total. The van der Waals surface area contributed by atoms with Crippen molar-refractivity contribution >= 4 is 5.91 Å². The van der Waals surface area contributed by atoms with Crippen molar-refractivity contribution in [3.63, 3.8) is 0 Å². The number of likely N-dealkylation sites (N-methyl/N-ethyl adjacent to an activating group) is 1. The van der Waals surface area contributed by atoms with E-state index >= 15 is 0 Å². The van der Waals surface area contributed by atoms with E-state index in [1.54, 1.807) is 32.4 Å². The van der Waals surface area contributed by atoms with Gasteiger partial charge >= 0.3 is 0 Å². The number of methoxy groups -OCH3 is 2. The molecule has 1 saturated heterocycles. The summed E-state index contributed by atoms with van der Waals surface area (Å²) in [6.07, 6.45) is 0. The molecule has 1 amide bonds. The van der Waals surface area contributed by atoms with Gasteiger partial charge in [0.1, 0.15) is 12.4 Å². The number of rotatable bonds is 6. The van der Waals surface area contributed by atoms with Crippen molar-refractivity contribution in [3.8, 4) is 17.2 Å². The molecule has 6 heteroatoms. The van der Waals surface area contributed by atoms with Gasteiger partial charge in [-0.2, -0.15) is 0 Å². The highest BCUT2D eigenvalue weighted by atomic mass is 16.5. The number of ether oxygens (including phenoxy) is 3. The molecule has 0 saturated carbocycles. The fourth-order valence-corrected chi connectivity index (χ4v) is 2.99. The maximum absolute atomic E-state index is 12.7. The summed E-state index contributed by atoms with van der Waals surface area (Å²) in [6, 6.07) is 13.1. The first-order chi connectivity index (χ1) is 13.1. The fraction of sp³-hybridized carbons (Fsp3) is 0.381. The van der Waals surface area contributed by atoms with E-state index in [9.17, 15) is 4.79 Å². The summed E-state index contributed by atoms with van der Waals surface area (Å²) in [5.74, 6) is 2.01. The predicted octanol–water partition coefficient (Wildman–Crippen LogP) is 2.67. The third kappa shape index (κ3) is 4.71. The standard InChI is InChI=1S/C21H26N2O4/c1-22-10-12-23(13-11-22)21(24)17-6-9-19(20(14-17)26-3)27-15-16-4-7-18(25-2)8-5-16/h4-9,14H,10-13,15H2,1-3H3. The van der Waals surface area contributed by atoms with Crippen LogP contribution in [0, 0.1) is 0 Å². The molecule has 27 heavy (non-hydrogen) atoms. The van der Waals surface area contributed by atoms with Crippen molar-refractivity contribution in [2.45, 2.75) is 6.61 Å². The average Bonchev–Trinajstić information content (AvgIpc) is 2.72. The van der Waals surface area contributed by atoms with Gasteiger partial charge in [0.2, 0.25) is 0 Å². The van der Waals surface area contributed by atoms with Crippen molar-refractivity contribution < 1.29 is 19.0 Å². The van der Waals surface area contributed by atoms with E-state index in [2.05, 4.69) is 11.9 Å². The quantitative estimate of drug-likeness (QED) is 0.783. The summed E-state index contributed by atoms with van der Waals surface area (Å²) in [7, 11) is 5.29. The lowest BCUT2D eigenvalue weighted by molar-refractivity contribution is 0.0663. The molecule has 0 radical (unpaired) electrons. The van der Waals surface area contributed by atoms with E-state index in [4.69, 9.17) is 14.2 Å². The van der Waals surface area contributed by atoms with Gasteiger partial charge in [-0.05, 0) is 42.9 Å². The van der Waals surface area contributed by atoms with Gasteiger partial charge in [-0.15, -0.1) is 0 Å². The van der Waals surface area contributed by atoms with Crippen LogP contribution in [0.25, 0.3) is 0 Å². The third-order valence-corrected chi connectivity index (χ3v) is 4.75. The molecule has 0 bridgehead atoms. The highest BCUT2D eigenvalue weighted by Crippen LogP contribution is 2.29. The molecule has 144 valence electrons. The van der Waals surface area contributed by atoms with Crippen LogP contribution in [0.1, 0.15) is 15.9 Å². The molecule has 6 nitrogen and oxygen atoms in total. The molecule has 0 spiro atoms. The van der Waals surface area contributed by atoms with Crippen LogP contribution in [-0.2, 0) is 6.61 Å². The van der Waals surface area contributed by atoms with Gasteiger partial charge in [-0.3, -0.25) is 4.79 Å². The Balaban J connectivity index is 1.67. The van der Waals surface area contributed by atoms with Crippen LogP contribution in [0.2, 0.25) is 0 Å². The number of piperazine rings is 1. The number of nitrogens with zero attached hydrogens (tertiary/aromatic N) is 2. The predicted molar refractivity (Wildman–Crippen MR) is 104 cm³/mol. The van der Waals surface area contributed by atoms with E-state index < -0.39 is 0 Å². The maximum Gasteiger partial charge on any atom is 0.254 e. The molecule has 0 unspecified atom stereocenters. The first-order valence-electron chi connectivity index (χ1n) is 9.02. The highest BCUT2D eigenvalue weighted by molar-refractivity contribution is 5.95. The van der Waals surface area contributed by atoms with Gasteiger partial charge in [-0.1, -0.05) is 12.1 Å². The Labute approximate surface area is 160 Å². The lowest BCUT2D eigenvalue weighted by atomic mass is 10.1. The summed E-state index contributed by atoms with van der Waals surface area (Å²) in [4.78, 5) is 16.8. The van der Waals surface area contributed by atoms with Crippen molar-refractivity contribution in [2.75, 3.05) is 47.4 Å². The molecule has 0 aliphatic carbocycles. The first kappa shape index (κ1) is 19.0. The fourth-order valence-electron chi connectivity index (χ4n) is 2.99. The number of carbonyl (C=O) groups is 1. The largest absolute Gasteiger partial charge is 0.497 e. The maximum atomic E-state index is 12.7. The number of carbonyl (C=O) groups excluding carboxylic acids is 1. The summed E-state index contributed by atoms with van der Waals surface area (Å²) >= 11 is 0. The van der Waals surface area contributed by atoms with Crippen LogP contribution in [0.15, 0.2) is 42.5 Å². The molecular weight excluding hydrogens is 344 g/mol. The minimum Gasteiger partial charge on any atom is -0.497 e. The zero-order chi connectivity index (χ0) is 19.2. The second-order valence-corrected chi connectivity index (χ2v) is 6.60. The van der Waals surface area contributed by atoms with Crippen LogP contribution in [0.3, 0.4) is 0 Å². The molecule has 3 rings (SSSR count). The molecular formula is C21H26N2O4. The van der Waals surface area contributed by atoms with Crippen LogP contribution in [0.4, 0.5) is 0 Å². The summed E-state index contributed by atoms with van der Waals surface area (Å²) in [5.41, 5.74) is 1.64. The Bertz CT molecular complexity index is 768. The van der Waals surface area contributed by atoms with Gasteiger partial charge in [0.25, 0.3) is 5.91 Å². The van der Waals surface area contributed by atoms with Crippen molar-refractivity contribution in [1.29, 1.82) is 0 Å². The van der Waals surface area contributed by atoms with E-state index in [1.807, 2.05) is 29.2 Å². The Morgan fingerprint density at radius 2 is 1.63 bits per heavy atom. The zero-order valence-electron chi connectivity index (χ0n) is 16.1. The molecule has 2 aromatic rings. The number of hydrogen-bond acceptors (Lipinski definition) is 5. The summed E-state index contributed by atoms with van der Waals surface area (Å²) < 4.78 is 16.5. The third-order valence-electron chi connectivity index (χ3n) is 4.75. The highest BCUT2D eigenvalue weighted by Gasteiger charge is 2.21. The van der Waals surface area contributed by atoms with E-state index in [0.29, 0.717) is 23.7 Å². The lowest BCUT2D eigenvalue weighted by Gasteiger charge is -2.32. The van der Waals surface area contributed by atoms with Crippen LogP contribution < -0.4 is 14.2 Å². The van der Waals surface area contributed by atoms with Crippen molar-refractivity contribution in [3.05, 3.63) is 53.6 Å². The topological polar surface area (TPSA) is 51.2 Å². The molecule has 1 fully saturated rings. The first-order valence-corrected chi connectivity index (χ1v) is 9.02. The van der Waals surface area contributed by atoms with Crippen LogP contribution in [-0.4, -0.2) is 63.2 Å². The minimum absolute atomic E-state index is 0.0307. The second-order valence-electron chi connectivity index (χ2n) is 6.60. The average molecular weight is 370 g/mol. The molecule has 1 aliphatic heterocycles. The number of amides is 1. The van der Waals surface area contributed by atoms with Gasteiger partial charge < -0.3 is 24.0 Å². The monoisotopic (exact) mass is 370 g/mol. The van der Waals surface area contributed by atoms with Crippen LogP contribution >= 0.6 is 0 Å². The van der Waals surface area contributed by atoms with E-state index in [1.165, 1.54) is 0 Å². The van der Waals surface area contributed by atoms with Gasteiger partial charge in [0.15, 0.2) is 11.5 Å². The normalized spacial score (nSPS) is 14.7. The molecule has 1 aliphatic rings. The minimum atomic E-state index is 0.0307. The zero-order valence-corrected chi connectivity index (χ0v) is 16.1. The Kier molecular flexibility index (Phi) is 6.19. The van der Waals surface area contributed by atoms with E-state index in [0.717, 1.165) is 37.5 Å². The molecule has 0 aromatic heterocycles. The number of hydrogen-bond donors (Lipinski definition) is 0. The molecule has 1 heterocycles. The Hall–Kier alpha value is -2.73.